The molecule has 112 valence electrons. The van der Waals surface area contributed by atoms with Crippen LogP contribution in [0.2, 0.25) is 0 Å². The van der Waals surface area contributed by atoms with Crippen LogP contribution in [0.1, 0.15) is 24.2 Å². The Labute approximate surface area is 121 Å². The summed E-state index contributed by atoms with van der Waals surface area (Å²) in [5, 5.41) is 0. The van der Waals surface area contributed by atoms with E-state index in [4.69, 9.17) is 5.84 Å². The largest absolute Gasteiger partial charge is 0.337 e. The van der Waals surface area contributed by atoms with Gasteiger partial charge in [-0.3, -0.25) is 10.6 Å². The minimum absolute atomic E-state index is 0.0733. The number of carbonyl (C=O) groups excluding carboxylic acids is 1. The third kappa shape index (κ3) is 5.19. The van der Waals surface area contributed by atoms with Gasteiger partial charge < -0.3 is 15.2 Å². The van der Waals surface area contributed by atoms with Crippen LogP contribution < -0.4 is 11.3 Å². The van der Waals surface area contributed by atoms with Crippen LogP contribution in [0, 0.1) is 5.92 Å². The van der Waals surface area contributed by atoms with Gasteiger partial charge in [0.25, 0.3) is 5.91 Å². The van der Waals surface area contributed by atoms with Crippen LogP contribution in [0.15, 0.2) is 24.3 Å². The molecule has 0 aliphatic carbocycles. The van der Waals surface area contributed by atoms with Crippen LogP contribution in [0.4, 0.5) is 5.69 Å². The van der Waals surface area contributed by atoms with Gasteiger partial charge in [0, 0.05) is 30.9 Å². The molecule has 1 rings (SSSR count). The van der Waals surface area contributed by atoms with Gasteiger partial charge >= 0.3 is 0 Å². The predicted molar refractivity (Wildman–Crippen MR) is 83.5 cm³/mol. The fraction of sp³-hybridized carbons (Fsp3) is 0.533. The minimum Gasteiger partial charge on any atom is -0.337 e. The molecule has 5 nitrogen and oxygen atoms in total. The maximum absolute atomic E-state index is 12.5. The van der Waals surface area contributed by atoms with Crippen molar-refractivity contribution in [1.29, 1.82) is 0 Å². The van der Waals surface area contributed by atoms with Gasteiger partial charge in [0.2, 0.25) is 0 Å². The molecule has 5 heteroatoms. The van der Waals surface area contributed by atoms with Crippen molar-refractivity contribution in [3.8, 4) is 0 Å². The van der Waals surface area contributed by atoms with E-state index in [1.165, 1.54) is 0 Å². The quantitative estimate of drug-likeness (QED) is 0.588. The van der Waals surface area contributed by atoms with Crippen LogP contribution in [0.25, 0.3) is 0 Å². The summed E-state index contributed by atoms with van der Waals surface area (Å²) < 4.78 is 0. The maximum Gasteiger partial charge on any atom is 0.253 e. The van der Waals surface area contributed by atoms with E-state index in [2.05, 4.69) is 24.2 Å². The molecule has 0 aromatic heterocycles. The topological polar surface area (TPSA) is 61.6 Å². The average molecular weight is 278 g/mol. The summed E-state index contributed by atoms with van der Waals surface area (Å²) >= 11 is 0. The summed E-state index contributed by atoms with van der Waals surface area (Å²) in [5.41, 5.74) is 4.06. The Morgan fingerprint density at radius 2 is 1.80 bits per heavy atom. The van der Waals surface area contributed by atoms with E-state index in [0.717, 1.165) is 25.3 Å². The van der Waals surface area contributed by atoms with Gasteiger partial charge in [-0.25, -0.2) is 0 Å². The zero-order chi connectivity index (χ0) is 15.1. The Morgan fingerprint density at radius 3 is 2.25 bits per heavy atom. The van der Waals surface area contributed by atoms with Crippen LogP contribution in [0.5, 0.6) is 0 Å². The van der Waals surface area contributed by atoms with Crippen LogP contribution in [0.3, 0.4) is 0 Å². The number of carbonyl (C=O) groups is 1. The molecule has 0 aliphatic rings. The number of nitrogens with two attached hydrogens (primary N) is 1. The lowest BCUT2D eigenvalue weighted by Crippen LogP contribution is -2.39. The Morgan fingerprint density at radius 1 is 1.20 bits per heavy atom. The normalized spacial score (nSPS) is 10.9. The number of hydrogen-bond acceptors (Lipinski definition) is 4. The maximum atomic E-state index is 12.5. The van der Waals surface area contributed by atoms with Crippen molar-refractivity contribution < 1.29 is 4.79 Å². The molecular weight excluding hydrogens is 252 g/mol. The highest BCUT2D eigenvalue weighted by Gasteiger charge is 2.16. The molecule has 0 fully saturated rings. The van der Waals surface area contributed by atoms with Crippen LogP contribution >= 0.6 is 0 Å². The molecule has 1 amide bonds. The molecule has 1 aromatic carbocycles. The zero-order valence-electron chi connectivity index (χ0n) is 12.9. The molecule has 0 aliphatic heterocycles. The van der Waals surface area contributed by atoms with E-state index < -0.39 is 0 Å². The number of likely N-dealkylation sites (N-methyl/N-ethyl adjacent to an activating group) is 1. The number of nitrogens with zero attached hydrogens (tertiary/aromatic N) is 2. The first kappa shape index (κ1) is 16.5. The third-order valence-corrected chi connectivity index (χ3v) is 2.99. The molecule has 0 spiro atoms. The van der Waals surface area contributed by atoms with Crippen LogP contribution in [-0.4, -0.2) is 49.4 Å². The summed E-state index contributed by atoms with van der Waals surface area (Å²) in [5.74, 6) is 5.86. The monoisotopic (exact) mass is 278 g/mol. The smallest absolute Gasteiger partial charge is 0.253 e. The molecule has 0 heterocycles. The molecule has 0 saturated carbocycles. The fourth-order valence-electron chi connectivity index (χ4n) is 1.93. The van der Waals surface area contributed by atoms with E-state index in [1.54, 1.807) is 12.1 Å². The van der Waals surface area contributed by atoms with Crippen molar-refractivity contribution in [2.45, 2.75) is 13.8 Å². The third-order valence-electron chi connectivity index (χ3n) is 2.99. The van der Waals surface area contributed by atoms with E-state index >= 15 is 0 Å². The number of nitrogens with one attached hydrogen (secondary N) is 1. The highest BCUT2D eigenvalue weighted by molar-refractivity contribution is 5.94. The Hall–Kier alpha value is -1.59. The van der Waals surface area contributed by atoms with Gasteiger partial charge in [-0.2, -0.15) is 0 Å². The molecule has 20 heavy (non-hydrogen) atoms. The van der Waals surface area contributed by atoms with Gasteiger partial charge in [0.05, 0.1) is 0 Å². The number of hydrazine groups is 1. The number of rotatable bonds is 7. The molecular formula is C15H26N4O. The van der Waals surface area contributed by atoms with Crippen molar-refractivity contribution >= 4 is 11.6 Å². The number of amides is 1. The average Bonchev–Trinajstić information content (AvgIpc) is 2.42. The lowest BCUT2D eigenvalue weighted by atomic mass is 10.1. The molecule has 3 N–H and O–H groups in total. The first-order valence-corrected chi connectivity index (χ1v) is 6.94. The standard InChI is InChI=1S/C15H26N4O/c1-12(2)11-19(10-9-18(3)4)15(20)13-5-7-14(17-16)8-6-13/h5-8,12,17H,9-11,16H2,1-4H3. The van der Waals surface area contributed by atoms with Gasteiger partial charge in [-0.05, 0) is 44.3 Å². The summed E-state index contributed by atoms with van der Waals surface area (Å²) in [4.78, 5) is 16.5. The summed E-state index contributed by atoms with van der Waals surface area (Å²) in [6, 6.07) is 7.24. The van der Waals surface area contributed by atoms with Gasteiger partial charge in [0.15, 0.2) is 0 Å². The molecule has 0 radical (unpaired) electrons. The number of benzene rings is 1. The second kappa shape index (κ2) is 7.87. The van der Waals surface area contributed by atoms with E-state index in [9.17, 15) is 4.79 Å². The number of hydrogen-bond donors (Lipinski definition) is 2. The Balaban J connectivity index is 2.79. The van der Waals surface area contributed by atoms with Crippen molar-refractivity contribution in [2.75, 3.05) is 39.2 Å². The molecule has 0 unspecified atom stereocenters. The lowest BCUT2D eigenvalue weighted by Gasteiger charge is -2.26. The van der Waals surface area contributed by atoms with Crippen molar-refractivity contribution in [2.24, 2.45) is 11.8 Å². The fourth-order valence-corrected chi connectivity index (χ4v) is 1.93. The summed E-state index contributed by atoms with van der Waals surface area (Å²) in [6.07, 6.45) is 0. The molecule has 1 aromatic rings. The van der Waals surface area contributed by atoms with E-state index in [1.807, 2.05) is 31.1 Å². The summed E-state index contributed by atoms with van der Waals surface area (Å²) in [7, 11) is 4.03. The van der Waals surface area contributed by atoms with Gasteiger partial charge in [-0.15, -0.1) is 0 Å². The predicted octanol–water partition coefficient (Wildman–Crippen LogP) is 1.63. The SMILES string of the molecule is CC(C)CN(CCN(C)C)C(=O)c1ccc(NN)cc1. The minimum atomic E-state index is 0.0733. The highest BCUT2D eigenvalue weighted by atomic mass is 16.2. The van der Waals surface area contributed by atoms with Crippen molar-refractivity contribution in [1.82, 2.24) is 9.80 Å². The van der Waals surface area contributed by atoms with Gasteiger partial charge in [0.1, 0.15) is 0 Å². The van der Waals surface area contributed by atoms with Crippen molar-refractivity contribution in [3.05, 3.63) is 29.8 Å². The van der Waals surface area contributed by atoms with Crippen LogP contribution in [-0.2, 0) is 0 Å². The molecule has 0 saturated heterocycles. The second-order valence-electron chi connectivity index (χ2n) is 5.67. The highest BCUT2D eigenvalue weighted by Crippen LogP contribution is 2.12. The second-order valence-corrected chi connectivity index (χ2v) is 5.67. The van der Waals surface area contributed by atoms with Gasteiger partial charge in [-0.1, -0.05) is 13.8 Å². The Bertz CT molecular complexity index is 414. The Kier molecular flexibility index (Phi) is 6.48. The first-order chi connectivity index (χ1) is 9.43. The van der Waals surface area contributed by atoms with E-state index in [0.29, 0.717) is 11.5 Å². The number of nitrogen functional groups attached to an aromatic ring is 1. The van der Waals surface area contributed by atoms with Crippen molar-refractivity contribution in [3.63, 3.8) is 0 Å². The van der Waals surface area contributed by atoms with E-state index in [-0.39, 0.29) is 5.91 Å². The summed E-state index contributed by atoms with van der Waals surface area (Å²) in [6.45, 7) is 6.61. The number of anilines is 1. The molecule has 0 atom stereocenters. The zero-order valence-corrected chi connectivity index (χ0v) is 12.9. The first-order valence-electron chi connectivity index (χ1n) is 6.94. The molecule has 0 bridgehead atoms. The lowest BCUT2D eigenvalue weighted by molar-refractivity contribution is 0.0724.